The van der Waals surface area contributed by atoms with Crippen LogP contribution in [0.15, 0.2) is 47.4 Å². The van der Waals surface area contributed by atoms with Gasteiger partial charge in [-0.25, -0.2) is 13.1 Å². The number of amides is 2. The minimum atomic E-state index is -3.64. The lowest BCUT2D eigenvalue weighted by Crippen LogP contribution is -2.34. The normalized spacial score (nSPS) is 22.3. The number of carbonyl (C=O) groups excluding carboxylic acids is 2. The molecule has 0 radical (unpaired) electrons. The van der Waals surface area contributed by atoms with Gasteiger partial charge in [-0.15, -0.1) is 0 Å². The predicted octanol–water partition coefficient (Wildman–Crippen LogP) is 4.02. The van der Waals surface area contributed by atoms with E-state index in [9.17, 15) is 18.0 Å². The summed E-state index contributed by atoms with van der Waals surface area (Å²) in [6.45, 7) is 5.86. The van der Waals surface area contributed by atoms with Gasteiger partial charge in [0.2, 0.25) is 21.8 Å². The fourth-order valence-electron chi connectivity index (χ4n) is 5.08. The quantitative estimate of drug-likeness (QED) is 0.649. The lowest BCUT2D eigenvalue weighted by molar-refractivity contribution is -0.121. The van der Waals surface area contributed by atoms with Gasteiger partial charge in [-0.05, 0) is 87.8 Å². The first kappa shape index (κ1) is 24.4. The highest BCUT2D eigenvalue weighted by atomic mass is 32.2. The Bertz CT molecular complexity index is 1170. The molecule has 2 aromatic carbocycles. The van der Waals surface area contributed by atoms with Gasteiger partial charge >= 0.3 is 0 Å². The Morgan fingerprint density at radius 1 is 1.03 bits per heavy atom. The van der Waals surface area contributed by atoms with Crippen LogP contribution in [0.5, 0.6) is 0 Å². The molecule has 1 aliphatic carbocycles. The standard InChI is InChI=1S/C26H33N3O4S/c1-17-4-10-23(11-5-17)28-26(31)21-8-6-20(7-9-21)16-27-34(32,33)24-12-13-25-22(15-24)14-18(2)29(25)19(3)30/h4-5,10-13,15,18,20-21,27H,6-9,14,16H2,1-3H3,(H,28,31). The predicted molar refractivity (Wildman–Crippen MR) is 133 cm³/mol. The van der Waals surface area contributed by atoms with Crippen LogP contribution in [0.3, 0.4) is 0 Å². The summed E-state index contributed by atoms with van der Waals surface area (Å²) in [5, 5.41) is 2.99. The lowest BCUT2D eigenvalue weighted by atomic mass is 9.81. The summed E-state index contributed by atoms with van der Waals surface area (Å²) < 4.78 is 28.6. The highest BCUT2D eigenvalue weighted by Crippen LogP contribution is 2.34. The summed E-state index contributed by atoms with van der Waals surface area (Å²) in [7, 11) is -3.64. The van der Waals surface area contributed by atoms with E-state index in [0.29, 0.717) is 13.0 Å². The smallest absolute Gasteiger partial charge is 0.240 e. The first-order chi connectivity index (χ1) is 16.1. The van der Waals surface area contributed by atoms with Crippen LogP contribution in [0.1, 0.15) is 50.7 Å². The van der Waals surface area contributed by atoms with E-state index in [1.807, 2.05) is 38.1 Å². The van der Waals surface area contributed by atoms with Gasteiger partial charge in [-0.1, -0.05) is 17.7 Å². The molecular weight excluding hydrogens is 450 g/mol. The molecule has 0 saturated heterocycles. The van der Waals surface area contributed by atoms with Gasteiger partial charge in [-0.3, -0.25) is 9.59 Å². The van der Waals surface area contributed by atoms with Crippen molar-refractivity contribution >= 4 is 33.2 Å². The summed E-state index contributed by atoms with van der Waals surface area (Å²) in [5.41, 5.74) is 3.63. The number of fused-ring (bicyclic) bond motifs is 1. The van der Waals surface area contributed by atoms with Gasteiger partial charge in [0.25, 0.3) is 0 Å². The SMILES string of the molecule is CC(=O)N1c2ccc(S(=O)(=O)NCC3CCC(C(=O)Nc4ccc(C)cc4)CC3)cc2CC1C. The van der Waals surface area contributed by atoms with Gasteiger partial charge in [0.05, 0.1) is 4.90 Å². The number of nitrogens with one attached hydrogen (secondary N) is 2. The third kappa shape index (κ3) is 5.33. The summed E-state index contributed by atoms with van der Waals surface area (Å²) in [4.78, 5) is 26.5. The molecule has 1 saturated carbocycles. The van der Waals surface area contributed by atoms with Crippen molar-refractivity contribution in [2.45, 2.75) is 63.8 Å². The average molecular weight is 484 g/mol. The van der Waals surface area contributed by atoms with Crippen LogP contribution in [0.4, 0.5) is 11.4 Å². The van der Waals surface area contributed by atoms with Crippen molar-refractivity contribution in [2.24, 2.45) is 11.8 Å². The molecule has 0 spiro atoms. The maximum absolute atomic E-state index is 12.9. The first-order valence-electron chi connectivity index (χ1n) is 11.9. The van der Waals surface area contributed by atoms with Crippen LogP contribution >= 0.6 is 0 Å². The van der Waals surface area contributed by atoms with Crippen molar-refractivity contribution in [1.82, 2.24) is 4.72 Å². The van der Waals surface area contributed by atoms with E-state index in [-0.39, 0.29) is 34.6 Å². The maximum Gasteiger partial charge on any atom is 0.240 e. The number of anilines is 2. The van der Waals surface area contributed by atoms with E-state index in [0.717, 1.165) is 48.2 Å². The fourth-order valence-corrected chi connectivity index (χ4v) is 6.24. The monoisotopic (exact) mass is 483 g/mol. The van der Waals surface area contributed by atoms with Crippen LogP contribution in [0.2, 0.25) is 0 Å². The van der Waals surface area contributed by atoms with Crippen molar-refractivity contribution in [3.63, 3.8) is 0 Å². The molecule has 2 amide bonds. The highest BCUT2D eigenvalue weighted by molar-refractivity contribution is 7.89. The Hall–Kier alpha value is -2.71. The molecule has 0 aromatic heterocycles. The minimum Gasteiger partial charge on any atom is -0.326 e. The topological polar surface area (TPSA) is 95.6 Å². The molecule has 1 atom stereocenters. The molecule has 2 aliphatic rings. The third-order valence-corrected chi connectivity index (χ3v) is 8.44. The van der Waals surface area contributed by atoms with E-state index in [4.69, 9.17) is 0 Å². The molecule has 8 heteroatoms. The van der Waals surface area contributed by atoms with Crippen molar-refractivity contribution in [3.05, 3.63) is 53.6 Å². The Morgan fingerprint density at radius 2 is 1.71 bits per heavy atom. The van der Waals surface area contributed by atoms with Crippen molar-refractivity contribution in [3.8, 4) is 0 Å². The minimum absolute atomic E-state index is 0.0248. The fraction of sp³-hybridized carbons (Fsp3) is 0.462. The average Bonchev–Trinajstić information content (AvgIpc) is 3.14. The van der Waals surface area contributed by atoms with Crippen LogP contribution in [0.25, 0.3) is 0 Å². The van der Waals surface area contributed by atoms with Gasteiger partial charge in [0.1, 0.15) is 0 Å². The lowest BCUT2D eigenvalue weighted by Gasteiger charge is -2.28. The van der Waals surface area contributed by atoms with E-state index in [2.05, 4.69) is 10.0 Å². The van der Waals surface area contributed by atoms with E-state index < -0.39 is 10.0 Å². The second kappa shape index (κ2) is 9.88. The van der Waals surface area contributed by atoms with Gasteiger partial charge in [0.15, 0.2) is 0 Å². The molecule has 2 N–H and O–H groups in total. The summed E-state index contributed by atoms with van der Waals surface area (Å²) in [5.74, 6) is 0.163. The Labute approximate surface area is 202 Å². The Balaban J connectivity index is 1.30. The van der Waals surface area contributed by atoms with E-state index in [1.165, 1.54) is 6.92 Å². The van der Waals surface area contributed by atoms with Crippen molar-refractivity contribution in [1.29, 1.82) is 0 Å². The zero-order valence-electron chi connectivity index (χ0n) is 20.0. The second-order valence-electron chi connectivity index (χ2n) is 9.66. The van der Waals surface area contributed by atoms with E-state index in [1.54, 1.807) is 23.1 Å². The molecule has 1 unspecified atom stereocenters. The van der Waals surface area contributed by atoms with Crippen LogP contribution in [-0.2, 0) is 26.0 Å². The number of aryl methyl sites for hydroxylation is 1. The number of carbonyl (C=O) groups is 2. The number of sulfonamides is 1. The first-order valence-corrected chi connectivity index (χ1v) is 13.4. The maximum atomic E-state index is 12.9. The number of benzene rings is 2. The molecule has 4 rings (SSSR count). The largest absolute Gasteiger partial charge is 0.326 e. The number of hydrogen-bond donors (Lipinski definition) is 2. The summed E-state index contributed by atoms with van der Waals surface area (Å²) in [6.07, 6.45) is 3.77. The Morgan fingerprint density at radius 3 is 2.35 bits per heavy atom. The van der Waals surface area contributed by atoms with Gasteiger partial charge in [0, 0.05) is 36.8 Å². The molecule has 34 heavy (non-hydrogen) atoms. The Kier molecular flexibility index (Phi) is 7.09. The van der Waals surface area contributed by atoms with Crippen molar-refractivity contribution < 1.29 is 18.0 Å². The molecule has 1 heterocycles. The molecule has 182 valence electrons. The summed E-state index contributed by atoms with van der Waals surface area (Å²) >= 11 is 0. The molecule has 2 aromatic rings. The highest BCUT2D eigenvalue weighted by Gasteiger charge is 2.31. The molecule has 1 fully saturated rings. The van der Waals surface area contributed by atoms with Crippen LogP contribution < -0.4 is 14.9 Å². The van der Waals surface area contributed by atoms with Crippen LogP contribution in [0, 0.1) is 18.8 Å². The number of nitrogens with zero attached hydrogens (tertiary/aromatic N) is 1. The molecule has 7 nitrogen and oxygen atoms in total. The molecular formula is C26H33N3O4S. The molecule has 1 aliphatic heterocycles. The van der Waals surface area contributed by atoms with Crippen molar-refractivity contribution in [2.75, 3.05) is 16.8 Å². The zero-order valence-corrected chi connectivity index (χ0v) is 20.8. The third-order valence-electron chi connectivity index (χ3n) is 7.01. The second-order valence-corrected chi connectivity index (χ2v) is 11.4. The zero-order chi connectivity index (χ0) is 24.5. The number of hydrogen-bond acceptors (Lipinski definition) is 4. The van der Waals surface area contributed by atoms with Gasteiger partial charge < -0.3 is 10.2 Å². The van der Waals surface area contributed by atoms with Gasteiger partial charge in [-0.2, -0.15) is 0 Å². The van der Waals surface area contributed by atoms with E-state index >= 15 is 0 Å². The molecule has 0 bridgehead atoms. The number of rotatable bonds is 6. The summed E-state index contributed by atoms with van der Waals surface area (Å²) in [6, 6.07) is 12.8. The van der Waals surface area contributed by atoms with Crippen LogP contribution in [-0.4, -0.2) is 32.8 Å².